The summed E-state index contributed by atoms with van der Waals surface area (Å²) in [5, 5.41) is 0. The van der Waals surface area contributed by atoms with E-state index in [2.05, 4.69) is 12.3 Å². The minimum atomic E-state index is 0.871. The third-order valence-corrected chi connectivity index (χ3v) is 5.27. The van der Waals surface area contributed by atoms with Gasteiger partial charge in [0.05, 0.1) is 0 Å². The highest BCUT2D eigenvalue weighted by molar-refractivity contribution is 5.10. The van der Waals surface area contributed by atoms with Crippen molar-refractivity contribution in [2.75, 3.05) is 0 Å². The first-order valence-electron chi connectivity index (χ1n) is 7.24. The van der Waals surface area contributed by atoms with Crippen molar-refractivity contribution < 1.29 is 0 Å². The summed E-state index contributed by atoms with van der Waals surface area (Å²) in [6, 6.07) is 0. The first kappa shape index (κ1) is 10.7. The van der Waals surface area contributed by atoms with Gasteiger partial charge in [-0.2, -0.15) is 0 Å². The maximum absolute atomic E-state index is 3.96. The average Bonchev–Trinajstić information content (AvgIpc) is 2.77. The first-order valence-corrected chi connectivity index (χ1v) is 7.24. The standard InChI is InChI=1S/C16H24/c1-2-15(9-12-5-3-4-6-12)16-10-13-7-14(8-13)11-16/h12-14,16H,1,3-11H2. The van der Waals surface area contributed by atoms with Gasteiger partial charge in [0.15, 0.2) is 0 Å². The Balaban J connectivity index is 1.60. The third-order valence-electron chi connectivity index (χ3n) is 5.27. The number of allylic oxidation sites excluding steroid dienone is 1. The van der Waals surface area contributed by atoms with E-state index in [0.717, 1.165) is 23.7 Å². The quantitative estimate of drug-likeness (QED) is 0.599. The Morgan fingerprint density at radius 3 is 2.19 bits per heavy atom. The van der Waals surface area contributed by atoms with E-state index in [9.17, 15) is 0 Å². The molecule has 0 aliphatic heterocycles. The summed E-state index contributed by atoms with van der Waals surface area (Å²) in [5.41, 5.74) is 4.90. The van der Waals surface area contributed by atoms with E-state index in [0.29, 0.717) is 0 Å². The summed E-state index contributed by atoms with van der Waals surface area (Å²) < 4.78 is 0. The Morgan fingerprint density at radius 2 is 1.62 bits per heavy atom. The minimum Gasteiger partial charge on any atom is -0.129 e. The smallest absolute Gasteiger partial charge is 0.0122 e. The van der Waals surface area contributed by atoms with Crippen LogP contribution in [0.5, 0.6) is 0 Å². The first-order chi connectivity index (χ1) is 7.85. The molecule has 0 heteroatoms. The van der Waals surface area contributed by atoms with Gasteiger partial charge in [0.2, 0.25) is 0 Å². The van der Waals surface area contributed by atoms with Crippen LogP contribution in [0.25, 0.3) is 0 Å². The van der Waals surface area contributed by atoms with Gasteiger partial charge in [-0.25, -0.2) is 0 Å². The van der Waals surface area contributed by atoms with Crippen molar-refractivity contribution in [1.29, 1.82) is 0 Å². The molecule has 0 spiro atoms. The zero-order chi connectivity index (χ0) is 11.0. The number of hydrogen-bond donors (Lipinski definition) is 0. The van der Waals surface area contributed by atoms with Crippen LogP contribution in [0.2, 0.25) is 0 Å². The molecular weight excluding hydrogens is 192 g/mol. The Morgan fingerprint density at radius 1 is 1.00 bits per heavy atom. The van der Waals surface area contributed by atoms with Gasteiger partial charge in [-0.3, -0.25) is 0 Å². The summed E-state index contributed by atoms with van der Waals surface area (Å²) in [6.07, 6.45) is 13.2. The normalized spacial score (nSPS) is 37.9. The fourth-order valence-electron chi connectivity index (χ4n) is 4.35. The Hall–Kier alpha value is -0.480. The van der Waals surface area contributed by atoms with Crippen molar-refractivity contribution in [3.63, 3.8) is 0 Å². The average molecular weight is 216 g/mol. The van der Waals surface area contributed by atoms with Crippen LogP contribution < -0.4 is 0 Å². The van der Waals surface area contributed by atoms with Crippen LogP contribution >= 0.6 is 0 Å². The summed E-state index contributed by atoms with van der Waals surface area (Å²) in [7, 11) is 0. The lowest BCUT2D eigenvalue weighted by Crippen LogP contribution is -2.34. The molecule has 0 saturated heterocycles. The van der Waals surface area contributed by atoms with Crippen molar-refractivity contribution >= 4 is 0 Å². The van der Waals surface area contributed by atoms with Gasteiger partial charge in [-0.15, -0.1) is 5.73 Å². The van der Waals surface area contributed by atoms with Crippen LogP contribution in [0.1, 0.15) is 57.8 Å². The molecule has 0 atom stereocenters. The zero-order valence-electron chi connectivity index (χ0n) is 10.4. The molecular formula is C16H24. The molecule has 16 heavy (non-hydrogen) atoms. The third kappa shape index (κ3) is 2.00. The molecule has 88 valence electrons. The largest absolute Gasteiger partial charge is 0.129 e. The van der Waals surface area contributed by atoms with Gasteiger partial charge in [-0.05, 0) is 61.3 Å². The molecule has 2 bridgehead atoms. The van der Waals surface area contributed by atoms with E-state index < -0.39 is 0 Å². The number of fused-ring (bicyclic) bond motifs is 2. The molecule has 4 saturated carbocycles. The van der Waals surface area contributed by atoms with Crippen molar-refractivity contribution in [2.45, 2.75) is 57.8 Å². The minimum absolute atomic E-state index is 0.871. The van der Waals surface area contributed by atoms with Gasteiger partial charge in [0.25, 0.3) is 0 Å². The number of rotatable bonds is 3. The topological polar surface area (TPSA) is 0 Å². The molecule has 0 radical (unpaired) electrons. The highest BCUT2D eigenvalue weighted by Crippen LogP contribution is 2.51. The predicted octanol–water partition coefficient (Wildman–Crippen LogP) is 4.71. The lowest BCUT2D eigenvalue weighted by atomic mass is 9.59. The van der Waals surface area contributed by atoms with Crippen LogP contribution in [0.3, 0.4) is 0 Å². The highest BCUT2D eigenvalue weighted by Gasteiger charge is 2.39. The van der Waals surface area contributed by atoms with E-state index in [1.807, 2.05) is 0 Å². The SMILES string of the molecule is C=C=C(CC1CCCC1)C1CC2CC(C2)C1. The lowest BCUT2D eigenvalue weighted by molar-refractivity contribution is 0.0794. The molecule has 0 aromatic carbocycles. The van der Waals surface area contributed by atoms with Gasteiger partial charge in [0, 0.05) is 0 Å². The molecule has 0 unspecified atom stereocenters. The summed E-state index contributed by atoms with van der Waals surface area (Å²) in [6.45, 7) is 3.96. The van der Waals surface area contributed by atoms with Gasteiger partial charge in [0.1, 0.15) is 0 Å². The van der Waals surface area contributed by atoms with Crippen LogP contribution in [-0.2, 0) is 0 Å². The molecule has 4 aliphatic carbocycles. The number of hydrogen-bond acceptors (Lipinski definition) is 0. The van der Waals surface area contributed by atoms with Crippen molar-refractivity contribution in [3.8, 4) is 0 Å². The second-order valence-corrected chi connectivity index (χ2v) is 6.43. The van der Waals surface area contributed by atoms with E-state index in [1.54, 1.807) is 5.57 Å². The second-order valence-electron chi connectivity index (χ2n) is 6.43. The second kappa shape index (κ2) is 4.41. The van der Waals surface area contributed by atoms with E-state index in [4.69, 9.17) is 0 Å². The Kier molecular flexibility index (Phi) is 2.94. The van der Waals surface area contributed by atoms with Crippen LogP contribution in [0, 0.1) is 23.7 Å². The monoisotopic (exact) mass is 216 g/mol. The predicted molar refractivity (Wildman–Crippen MR) is 68.2 cm³/mol. The zero-order valence-corrected chi connectivity index (χ0v) is 10.4. The lowest BCUT2D eigenvalue weighted by Gasteiger charge is -2.46. The molecule has 4 aliphatic rings. The van der Waals surface area contributed by atoms with Crippen molar-refractivity contribution in [3.05, 3.63) is 17.9 Å². The van der Waals surface area contributed by atoms with E-state index >= 15 is 0 Å². The van der Waals surface area contributed by atoms with Crippen LogP contribution in [-0.4, -0.2) is 0 Å². The maximum Gasteiger partial charge on any atom is -0.0122 e. The molecule has 0 amide bonds. The Bertz CT molecular complexity index is 286. The Labute approximate surface area is 99.8 Å². The highest BCUT2D eigenvalue weighted by atomic mass is 14.4. The summed E-state index contributed by atoms with van der Waals surface area (Å²) >= 11 is 0. The molecule has 0 N–H and O–H groups in total. The fraction of sp³-hybridized carbons (Fsp3) is 0.812. The van der Waals surface area contributed by atoms with E-state index in [-0.39, 0.29) is 0 Å². The van der Waals surface area contributed by atoms with E-state index in [1.165, 1.54) is 57.8 Å². The molecule has 0 heterocycles. The molecule has 4 rings (SSSR count). The van der Waals surface area contributed by atoms with Crippen molar-refractivity contribution in [1.82, 2.24) is 0 Å². The van der Waals surface area contributed by atoms with Gasteiger partial charge >= 0.3 is 0 Å². The molecule has 0 nitrogen and oxygen atoms in total. The van der Waals surface area contributed by atoms with Crippen molar-refractivity contribution in [2.24, 2.45) is 23.7 Å². The maximum atomic E-state index is 3.96. The van der Waals surface area contributed by atoms with Gasteiger partial charge < -0.3 is 0 Å². The molecule has 0 aromatic heterocycles. The van der Waals surface area contributed by atoms with Crippen LogP contribution in [0.15, 0.2) is 17.9 Å². The molecule has 0 aromatic rings. The summed E-state index contributed by atoms with van der Waals surface area (Å²) in [5.74, 6) is 3.98. The van der Waals surface area contributed by atoms with Gasteiger partial charge in [-0.1, -0.05) is 32.3 Å². The van der Waals surface area contributed by atoms with Crippen LogP contribution in [0.4, 0.5) is 0 Å². The summed E-state index contributed by atoms with van der Waals surface area (Å²) in [4.78, 5) is 0. The molecule has 4 fully saturated rings. The fourth-order valence-corrected chi connectivity index (χ4v) is 4.35.